The Morgan fingerprint density at radius 3 is 2.55 bits per heavy atom. The Morgan fingerprint density at radius 1 is 1.33 bits per heavy atom. The van der Waals surface area contributed by atoms with Crippen molar-refractivity contribution in [3.05, 3.63) is 77.1 Å². The van der Waals surface area contributed by atoms with Crippen molar-refractivity contribution in [1.82, 2.24) is 15.1 Å². The third-order valence-electron chi connectivity index (χ3n) is 7.17. The molecule has 2 aliphatic heterocycles. The van der Waals surface area contributed by atoms with E-state index in [1.54, 1.807) is 6.08 Å². The standard InChI is InChI=1S/C29H34F3N7O3/c1-5-19(14-33)9-10-21(11-12-37(3)17-20-15-36-16-20)25-24(26(40)42-4)18(2)38(27(34)39(25)28(35)41)23-8-6-7-22(13-23)29(30,31)32/h5-10,13,20,25,34,36H,1,11-12,15-17H2,2-4H3,(H2,35,41)/b19-9+,21-10+,34-27?/t25-/m1/s1. The molecule has 1 atom stereocenters. The lowest BCUT2D eigenvalue weighted by molar-refractivity contribution is -0.138. The summed E-state index contributed by atoms with van der Waals surface area (Å²) in [5, 5.41) is 21.6. The van der Waals surface area contributed by atoms with Crippen LogP contribution in [0.2, 0.25) is 0 Å². The second-order valence-corrected chi connectivity index (χ2v) is 10.0. The molecule has 0 radical (unpaired) electrons. The number of nitrogens with zero attached hydrogens (tertiary/aromatic N) is 4. The van der Waals surface area contributed by atoms with Crippen LogP contribution < -0.4 is 16.0 Å². The predicted octanol–water partition coefficient (Wildman–Crippen LogP) is 3.76. The zero-order valence-electron chi connectivity index (χ0n) is 23.7. The monoisotopic (exact) mass is 585 g/mol. The van der Waals surface area contributed by atoms with Crippen LogP contribution in [0.4, 0.5) is 23.7 Å². The number of carbonyl (C=O) groups excluding carboxylic acids is 2. The number of nitriles is 1. The third kappa shape index (κ3) is 7.07. The number of primary amides is 1. The molecule has 42 heavy (non-hydrogen) atoms. The van der Waals surface area contributed by atoms with Crippen molar-refractivity contribution in [2.75, 3.05) is 45.2 Å². The largest absolute Gasteiger partial charge is 0.466 e. The van der Waals surface area contributed by atoms with Gasteiger partial charge in [0.05, 0.1) is 35.9 Å². The number of hydrogen-bond donors (Lipinski definition) is 3. The molecule has 0 unspecified atom stereocenters. The van der Waals surface area contributed by atoms with Gasteiger partial charge in [-0.3, -0.25) is 15.2 Å². The van der Waals surface area contributed by atoms with Crippen LogP contribution in [-0.2, 0) is 15.7 Å². The molecule has 2 aliphatic rings. The van der Waals surface area contributed by atoms with Gasteiger partial charge in [-0.2, -0.15) is 18.4 Å². The molecule has 0 aliphatic carbocycles. The highest BCUT2D eigenvalue weighted by molar-refractivity contribution is 6.10. The summed E-state index contributed by atoms with van der Waals surface area (Å²) in [5.41, 5.74) is 5.35. The van der Waals surface area contributed by atoms with Crippen LogP contribution in [0.1, 0.15) is 18.9 Å². The summed E-state index contributed by atoms with van der Waals surface area (Å²) >= 11 is 0. The first-order valence-electron chi connectivity index (χ1n) is 13.1. The van der Waals surface area contributed by atoms with Gasteiger partial charge in [0.2, 0.25) is 5.96 Å². The summed E-state index contributed by atoms with van der Waals surface area (Å²) in [6.07, 6.45) is 0.0157. The van der Waals surface area contributed by atoms with Crippen LogP contribution in [0.15, 0.2) is 71.5 Å². The average Bonchev–Trinajstić information content (AvgIpc) is 2.91. The number of anilines is 1. The maximum atomic E-state index is 13.5. The number of nitrogens with two attached hydrogens (primary N) is 1. The Morgan fingerprint density at radius 2 is 2.02 bits per heavy atom. The lowest BCUT2D eigenvalue weighted by Gasteiger charge is -2.43. The number of methoxy groups -OCH3 is 1. The van der Waals surface area contributed by atoms with E-state index in [0.717, 1.165) is 48.7 Å². The van der Waals surface area contributed by atoms with Gasteiger partial charge in [-0.1, -0.05) is 24.8 Å². The number of rotatable bonds is 10. The van der Waals surface area contributed by atoms with Gasteiger partial charge in [0.1, 0.15) is 0 Å². The van der Waals surface area contributed by atoms with Crippen molar-refractivity contribution in [3.8, 4) is 6.07 Å². The molecular weight excluding hydrogens is 551 g/mol. The predicted molar refractivity (Wildman–Crippen MR) is 152 cm³/mol. The molecule has 1 aromatic carbocycles. The summed E-state index contributed by atoms with van der Waals surface area (Å²) in [6.45, 7) is 8.16. The highest BCUT2D eigenvalue weighted by atomic mass is 19.4. The minimum absolute atomic E-state index is 0.0849. The van der Waals surface area contributed by atoms with E-state index in [4.69, 9.17) is 15.9 Å². The highest BCUT2D eigenvalue weighted by Gasteiger charge is 2.44. The summed E-state index contributed by atoms with van der Waals surface area (Å²) in [7, 11) is 3.07. The number of ether oxygens (including phenoxy) is 1. The minimum atomic E-state index is -4.67. The van der Waals surface area contributed by atoms with Crippen LogP contribution >= 0.6 is 0 Å². The van der Waals surface area contributed by atoms with Crippen LogP contribution in [0.5, 0.6) is 0 Å². The summed E-state index contributed by atoms with van der Waals surface area (Å²) in [5.74, 6) is -0.932. The van der Waals surface area contributed by atoms with E-state index >= 15 is 0 Å². The van der Waals surface area contributed by atoms with E-state index in [9.17, 15) is 28.0 Å². The number of amides is 2. The number of guanidine groups is 1. The zero-order valence-corrected chi connectivity index (χ0v) is 23.7. The number of nitrogens with one attached hydrogen (secondary N) is 2. The maximum Gasteiger partial charge on any atom is 0.416 e. The molecule has 0 bridgehead atoms. The Kier molecular flexibility index (Phi) is 10.3. The number of allylic oxidation sites excluding steroid dienone is 5. The molecule has 2 heterocycles. The van der Waals surface area contributed by atoms with Gasteiger partial charge in [0.25, 0.3) is 0 Å². The van der Waals surface area contributed by atoms with Crippen molar-refractivity contribution in [2.24, 2.45) is 11.7 Å². The molecule has 2 amide bonds. The third-order valence-corrected chi connectivity index (χ3v) is 7.17. The van der Waals surface area contributed by atoms with Crippen molar-refractivity contribution >= 4 is 23.6 Å². The first-order valence-corrected chi connectivity index (χ1v) is 13.1. The van der Waals surface area contributed by atoms with E-state index in [2.05, 4.69) is 16.8 Å². The SMILES string of the molecule is C=C/C(C#N)=C\C=C(/CCN(C)CC1CNC1)[C@@H]1C(C(=O)OC)=C(C)N(c2cccc(C(F)(F)F)c2)C(=N)N1C(N)=O. The van der Waals surface area contributed by atoms with Crippen LogP contribution in [-0.4, -0.2) is 74.1 Å². The molecule has 13 heteroatoms. The number of urea groups is 1. The summed E-state index contributed by atoms with van der Waals surface area (Å²) < 4.78 is 45.7. The van der Waals surface area contributed by atoms with Gasteiger partial charge < -0.3 is 20.7 Å². The smallest absolute Gasteiger partial charge is 0.416 e. The average molecular weight is 586 g/mol. The summed E-state index contributed by atoms with van der Waals surface area (Å²) in [6, 6.07) is 3.84. The number of benzene rings is 1. The molecule has 0 aromatic heterocycles. The van der Waals surface area contributed by atoms with E-state index in [1.807, 2.05) is 13.1 Å². The molecule has 1 aromatic rings. The van der Waals surface area contributed by atoms with Gasteiger partial charge in [-0.25, -0.2) is 9.59 Å². The molecule has 0 saturated carbocycles. The first-order chi connectivity index (χ1) is 19.8. The fraction of sp³-hybridized carbons (Fsp3) is 0.379. The van der Waals surface area contributed by atoms with Crippen molar-refractivity contribution in [3.63, 3.8) is 0 Å². The summed E-state index contributed by atoms with van der Waals surface area (Å²) in [4.78, 5) is 30.2. The Labute approximate surface area is 242 Å². The molecule has 1 saturated heterocycles. The second-order valence-electron chi connectivity index (χ2n) is 10.0. The first kappa shape index (κ1) is 32.1. The number of alkyl halides is 3. The molecule has 3 rings (SSSR count). The number of carbonyl (C=O) groups is 2. The van der Waals surface area contributed by atoms with E-state index in [-0.39, 0.29) is 22.5 Å². The van der Waals surface area contributed by atoms with Gasteiger partial charge in [-0.15, -0.1) is 0 Å². The topological polar surface area (TPSA) is 139 Å². The Balaban J connectivity index is 2.20. The molecule has 10 nitrogen and oxygen atoms in total. The zero-order chi connectivity index (χ0) is 31.2. The van der Waals surface area contributed by atoms with Gasteiger partial charge in [-0.05, 0) is 56.2 Å². The fourth-order valence-electron chi connectivity index (χ4n) is 4.91. The van der Waals surface area contributed by atoms with Crippen LogP contribution in [0.3, 0.4) is 0 Å². The Hall–Kier alpha value is -4.41. The van der Waals surface area contributed by atoms with E-state index in [1.165, 1.54) is 31.2 Å². The Bertz CT molecular complexity index is 1370. The fourth-order valence-corrected chi connectivity index (χ4v) is 4.91. The van der Waals surface area contributed by atoms with Gasteiger partial charge >= 0.3 is 18.2 Å². The lowest BCUT2D eigenvalue weighted by Crippen LogP contribution is -2.59. The van der Waals surface area contributed by atoms with E-state index in [0.29, 0.717) is 24.5 Å². The molecule has 1 fully saturated rings. The van der Waals surface area contributed by atoms with Gasteiger partial charge in [0, 0.05) is 37.6 Å². The van der Waals surface area contributed by atoms with Crippen molar-refractivity contribution in [1.29, 1.82) is 10.7 Å². The normalized spacial score (nSPS) is 18.6. The number of hydrogen-bond acceptors (Lipinski definition) is 7. The molecular formula is C29H34F3N7O3. The maximum absolute atomic E-state index is 13.5. The highest BCUT2D eigenvalue weighted by Crippen LogP contribution is 2.38. The quantitative estimate of drug-likeness (QED) is 0.216. The van der Waals surface area contributed by atoms with Crippen LogP contribution in [0.25, 0.3) is 0 Å². The van der Waals surface area contributed by atoms with E-state index < -0.39 is 35.7 Å². The molecule has 4 N–H and O–H groups in total. The number of halogens is 3. The van der Waals surface area contributed by atoms with Gasteiger partial charge in [0.15, 0.2) is 0 Å². The molecule has 224 valence electrons. The molecule has 0 spiro atoms. The second kappa shape index (κ2) is 13.5. The van der Waals surface area contributed by atoms with Crippen molar-refractivity contribution < 1.29 is 27.5 Å². The van der Waals surface area contributed by atoms with Crippen LogP contribution in [0, 0.1) is 22.7 Å². The number of esters is 1. The van der Waals surface area contributed by atoms with Crippen molar-refractivity contribution in [2.45, 2.75) is 25.6 Å². The lowest BCUT2D eigenvalue weighted by atomic mass is 9.90. The minimum Gasteiger partial charge on any atom is -0.466 e.